The lowest BCUT2D eigenvalue weighted by Crippen LogP contribution is -2.50. The Morgan fingerprint density at radius 1 is 1.10 bits per heavy atom. The van der Waals surface area contributed by atoms with Crippen LogP contribution in [0.4, 0.5) is 11.4 Å². The summed E-state index contributed by atoms with van der Waals surface area (Å²) in [5.74, 6) is -0.883. The largest absolute Gasteiger partial charge is 0.456 e. The van der Waals surface area contributed by atoms with Crippen LogP contribution in [-0.2, 0) is 19.7 Å². The number of nitriles is 1. The van der Waals surface area contributed by atoms with Crippen molar-refractivity contribution in [2.75, 3.05) is 23.5 Å². The first-order chi connectivity index (χ1) is 14.0. The molecule has 5 rings (SSSR count). The number of para-hydroxylation sites is 2. The Hall–Kier alpha value is -4.05. The lowest BCUT2D eigenvalue weighted by atomic mass is 9.67. The van der Waals surface area contributed by atoms with Crippen molar-refractivity contribution in [2.45, 2.75) is 5.41 Å². The highest BCUT2D eigenvalue weighted by Gasteiger charge is 2.63. The van der Waals surface area contributed by atoms with Gasteiger partial charge >= 0.3 is 5.97 Å². The van der Waals surface area contributed by atoms with Crippen LogP contribution in [0, 0.1) is 11.3 Å². The maximum atomic E-state index is 13.6. The molecule has 2 aromatic carbocycles. The van der Waals surface area contributed by atoms with Crippen molar-refractivity contribution in [1.82, 2.24) is 0 Å². The van der Waals surface area contributed by atoms with Gasteiger partial charge in [-0.25, -0.2) is 4.79 Å². The van der Waals surface area contributed by atoms with Crippen molar-refractivity contribution < 1.29 is 14.3 Å². The summed E-state index contributed by atoms with van der Waals surface area (Å²) in [5, 5.41) is 10.1. The molecule has 0 aromatic heterocycles. The van der Waals surface area contributed by atoms with Crippen molar-refractivity contribution in [3.05, 3.63) is 82.8 Å². The molecule has 142 valence electrons. The summed E-state index contributed by atoms with van der Waals surface area (Å²) in [6, 6.07) is 18.4. The van der Waals surface area contributed by atoms with Crippen LogP contribution in [0.25, 0.3) is 0 Å². The van der Waals surface area contributed by atoms with Crippen LogP contribution in [-0.4, -0.2) is 25.5 Å². The average molecular weight is 384 g/mol. The molecular weight excluding hydrogens is 368 g/mol. The minimum atomic E-state index is -1.60. The lowest BCUT2D eigenvalue weighted by molar-refractivity contribution is -0.137. The Morgan fingerprint density at radius 3 is 2.52 bits per heavy atom. The van der Waals surface area contributed by atoms with Gasteiger partial charge in [0.2, 0.25) is 5.91 Å². The van der Waals surface area contributed by atoms with E-state index in [9.17, 15) is 14.9 Å². The van der Waals surface area contributed by atoms with Crippen LogP contribution in [0.2, 0.25) is 0 Å². The fraction of sp³-hybridized carbons (Fsp3) is 0.136. The van der Waals surface area contributed by atoms with Gasteiger partial charge < -0.3 is 15.4 Å². The van der Waals surface area contributed by atoms with Crippen LogP contribution in [0.3, 0.4) is 0 Å². The number of carbonyl (C=O) groups is 2. The Kier molecular flexibility index (Phi) is 3.37. The number of hydrogen-bond donors (Lipinski definition) is 1. The first kappa shape index (κ1) is 17.1. The number of amides is 1. The van der Waals surface area contributed by atoms with Crippen molar-refractivity contribution in [3.8, 4) is 6.07 Å². The molecule has 7 heteroatoms. The van der Waals surface area contributed by atoms with Crippen molar-refractivity contribution >= 4 is 23.3 Å². The molecule has 2 aromatic rings. The summed E-state index contributed by atoms with van der Waals surface area (Å²) in [5.41, 5.74) is 7.45. The molecule has 1 amide bonds. The lowest BCUT2D eigenvalue weighted by Gasteiger charge is -2.38. The minimum Gasteiger partial charge on any atom is -0.456 e. The van der Waals surface area contributed by atoms with Crippen molar-refractivity contribution in [1.29, 1.82) is 5.26 Å². The van der Waals surface area contributed by atoms with Crippen molar-refractivity contribution in [2.24, 2.45) is 5.73 Å². The maximum Gasteiger partial charge on any atom is 0.338 e. The van der Waals surface area contributed by atoms with Crippen LogP contribution >= 0.6 is 0 Å². The number of carbonyl (C=O) groups excluding carboxylic acids is 2. The number of anilines is 2. The summed E-state index contributed by atoms with van der Waals surface area (Å²) in [6.45, 7) is -0.0244. The molecule has 0 bridgehead atoms. The highest BCUT2D eigenvalue weighted by molar-refractivity contribution is 6.19. The number of nitrogens with zero attached hydrogens (tertiary/aromatic N) is 3. The van der Waals surface area contributed by atoms with Gasteiger partial charge in [0.25, 0.3) is 0 Å². The molecular formula is C22H16N4O3. The van der Waals surface area contributed by atoms with E-state index in [0.717, 1.165) is 0 Å². The van der Waals surface area contributed by atoms with Gasteiger partial charge in [-0.15, -0.1) is 0 Å². The number of fused-ring (bicyclic) bond motifs is 3. The fourth-order valence-electron chi connectivity index (χ4n) is 4.57. The molecule has 7 nitrogen and oxygen atoms in total. The van der Waals surface area contributed by atoms with Gasteiger partial charge in [0, 0.05) is 24.0 Å². The smallest absolute Gasteiger partial charge is 0.338 e. The van der Waals surface area contributed by atoms with Crippen LogP contribution < -0.4 is 15.5 Å². The number of esters is 1. The molecule has 0 fully saturated rings. The van der Waals surface area contributed by atoms with Gasteiger partial charge in [-0.3, -0.25) is 9.69 Å². The van der Waals surface area contributed by atoms with E-state index >= 15 is 0 Å². The molecule has 0 aliphatic carbocycles. The first-order valence-electron chi connectivity index (χ1n) is 9.07. The third-order valence-corrected chi connectivity index (χ3v) is 5.77. The van der Waals surface area contributed by atoms with E-state index in [1.807, 2.05) is 36.4 Å². The highest BCUT2D eigenvalue weighted by Crippen LogP contribution is 2.55. The Labute approximate surface area is 166 Å². The number of benzene rings is 2. The fourth-order valence-corrected chi connectivity index (χ4v) is 4.57. The second kappa shape index (κ2) is 5.72. The summed E-state index contributed by atoms with van der Waals surface area (Å²) in [4.78, 5) is 29.6. The molecule has 0 unspecified atom stereocenters. The number of cyclic esters (lactones) is 1. The summed E-state index contributed by atoms with van der Waals surface area (Å²) in [6.07, 6.45) is 0. The van der Waals surface area contributed by atoms with E-state index in [4.69, 9.17) is 10.5 Å². The second-order valence-corrected chi connectivity index (χ2v) is 7.07. The molecule has 3 heterocycles. The van der Waals surface area contributed by atoms with E-state index in [1.165, 1.54) is 4.90 Å². The molecule has 1 spiro atoms. The van der Waals surface area contributed by atoms with E-state index < -0.39 is 17.3 Å². The predicted octanol–water partition coefficient (Wildman–Crippen LogP) is 1.93. The van der Waals surface area contributed by atoms with Crippen LogP contribution in [0.5, 0.6) is 0 Å². The number of rotatable bonds is 1. The Bertz CT molecular complexity index is 1190. The number of nitrogens with two attached hydrogens (primary N) is 1. The summed E-state index contributed by atoms with van der Waals surface area (Å²) in [7, 11) is 1.63. The molecule has 0 saturated heterocycles. The highest BCUT2D eigenvalue weighted by atomic mass is 16.5. The van der Waals surface area contributed by atoms with E-state index in [0.29, 0.717) is 22.6 Å². The van der Waals surface area contributed by atoms with Gasteiger partial charge in [0.1, 0.15) is 23.9 Å². The average Bonchev–Trinajstić information content (AvgIpc) is 3.22. The predicted molar refractivity (Wildman–Crippen MR) is 105 cm³/mol. The zero-order valence-electron chi connectivity index (χ0n) is 15.5. The molecule has 0 radical (unpaired) electrons. The number of ether oxygens (including phenoxy) is 1. The number of hydrogen-bond acceptors (Lipinski definition) is 6. The SMILES string of the molecule is CN1C(=O)[C@@]2(C(C#N)=C(N)N(c3ccccc3)C3=C2C(=O)OC3)c2ccccc21. The normalized spacial score (nSPS) is 22.8. The van der Waals surface area contributed by atoms with E-state index in [1.54, 1.807) is 30.1 Å². The minimum absolute atomic E-state index is 0.0244. The molecule has 29 heavy (non-hydrogen) atoms. The molecule has 3 aliphatic rings. The molecule has 1 atom stereocenters. The Morgan fingerprint density at radius 2 is 1.79 bits per heavy atom. The van der Waals surface area contributed by atoms with Gasteiger partial charge in [0.05, 0.1) is 16.8 Å². The Balaban J connectivity index is 1.90. The van der Waals surface area contributed by atoms with Crippen molar-refractivity contribution in [3.63, 3.8) is 0 Å². The van der Waals surface area contributed by atoms with Crippen LogP contribution in [0.15, 0.2) is 77.3 Å². The molecule has 0 saturated carbocycles. The zero-order chi connectivity index (χ0) is 20.3. The zero-order valence-corrected chi connectivity index (χ0v) is 15.5. The summed E-state index contributed by atoms with van der Waals surface area (Å²) < 4.78 is 5.36. The molecule has 2 N–H and O–H groups in total. The van der Waals surface area contributed by atoms with Gasteiger partial charge in [-0.05, 0) is 18.2 Å². The van der Waals surface area contributed by atoms with Gasteiger partial charge in [-0.2, -0.15) is 5.26 Å². The van der Waals surface area contributed by atoms with Gasteiger partial charge in [0.15, 0.2) is 0 Å². The van der Waals surface area contributed by atoms with E-state index in [-0.39, 0.29) is 23.6 Å². The topological polar surface area (TPSA) is 99.7 Å². The monoisotopic (exact) mass is 384 g/mol. The standard InChI is InChI=1S/C22H16N4O3/c1-25-16-10-6-5-9-14(16)22(21(25)28)15(11-23)19(24)26(13-7-3-2-4-8-13)17-12-29-20(27)18(17)22/h2-10H,12,24H2,1H3/t22-/m1/s1. The second-order valence-electron chi connectivity index (χ2n) is 7.07. The maximum absolute atomic E-state index is 13.6. The summed E-state index contributed by atoms with van der Waals surface area (Å²) >= 11 is 0. The van der Waals surface area contributed by atoms with Crippen LogP contribution in [0.1, 0.15) is 5.56 Å². The third kappa shape index (κ3) is 1.90. The van der Waals surface area contributed by atoms with Gasteiger partial charge in [-0.1, -0.05) is 36.4 Å². The molecule has 3 aliphatic heterocycles. The van der Waals surface area contributed by atoms with E-state index in [2.05, 4.69) is 6.07 Å². The first-order valence-corrected chi connectivity index (χ1v) is 9.07. The number of likely N-dealkylation sites (N-methyl/N-ethyl adjacent to an activating group) is 1. The third-order valence-electron chi connectivity index (χ3n) is 5.77. The quantitative estimate of drug-likeness (QED) is 0.754.